The summed E-state index contributed by atoms with van der Waals surface area (Å²) < 4.78 is 12.8. The van der Waals surface area contributed by atoms with Crippen LogP contribution in [0.2, 0.25) is 0 Å². The lowest BCUT2D eigenvalue weighted by molar-refractivity contribution is 0.0855. The topological polar surface area (TPSA) is 73.1 Å². The Hall–Kier alpha value is -2.23. The average molecular weight is 304 g/mol. The summed E-state index contributed by atoms with van der Waals surface area (Å²) >= 11 is 1.17. The van der Waals surface area contributed by atoms with E-state index >= 15 is 0 Å². The molecule has 0 aliphatic carbocycles. The van der Waals surface area contributed by atoms with Crippen molar-refractivity contribution in [2.24, 2.45) is 0 Å². The Morgan fingerprint density at radius 3 is 2.67 bits per heavy atom. The van der Waals surface area contributed by atoms with Gasteiger partial charge in [-0.2, -0.15) is 5.26 Å². The molecule has 0 fully saturated rings. The Morgan fingerprint density at radius 2 is 2.05 bits per heavy atom. The van der Waals surface area contributed by atoms with Crippen LogP contribution in [0.5, 0.6) is 0 Å². The Morgan fingerprint density at radius 1 is 1.38 bits per heavy atom. The molecular weight excluding hydrogens is 291 g/mol. The highest BCUT2D eigenvalue weighted by atomic mass is 32.1. The maximum Gasteiger partial charge on any atom is 0.263 e. The number of nitriles is 1. The first kappa shape index (κ1) is 15.2. The molecule has 1 aromatic carbocycles. The molecule has 2 rings (SSSR count). The summed E-state index contributed by atoms with van der Waals surface area (Å²) in [5.41, 5.74) is 0.817. The highest BCUT2D eigenvalue weighted by Gasteiger charge is 2.21. The van der Waals surface area contributed by atoms with Gasteiger partial charge in [0.2, 0.25) is 0 Å². The molecule has 0 saturated carbocycles. The minimum absolute atomic E-state index is 0.306. The minimum atomic E-state index is -0.958. The number of rotatable bonds is 4. The van der Waals surface area contributed by atoms with E-state index in [4.69, 9.17) is 5.26 Å². The Kier molecular flexibility index (Phi) is 4.68. The van der Waals surface area contributed by atoms with E-state index in [1.807, 2.05) is 6.07 Å². The zero-order valence-corrected chi connectivity index (χ0v) is 12.0. The van der Waals surface area contributed by atoms with Crippen molar-refractivity contribution in [3.8, 4) is 6.07 Å². The molecule has 4 nitrogen and oxygen atoms in total. The first-order valence-corrected chi connectivity index (χ1v) is 7.13. The first-order valence-electron chi connectivity index (χ1n) is 6.25. The smallest absolute Gasteiger partial charge is 0.263 e. The molecule has 1 heterocycles. The van der Waals surface area contributed by atoms with Crippen LogP contribution in [0, 0.1) is 17.1 Å². The summed E-state index contributed by atoms with van der Waals surface area (Å²) in [7, 11) is 0. The zero-order chi connectivity index (χ0) is 15.4. The second-order valence-electron chi connectivity index (χ2n) is 4.53. The number of hydrogen-bond acceptors (Lipinski definition) is 4. The molecule has 2 N–H and O–H groups in total. The number of aliphatic hydroxyl groups is 1. The number of aliphatic hydroxyl groups excluding tert-OH is 1. The minimum Gasteiger partial charge on any atom is -0.386 e. The van der Waals surface area contributed by atoms with Crippen LogP contribution in [0.3, 0.4) is 0 Å². The highest BCUT2D eigenvalue weighted by Crippen LogP contribution is 2.19. The van der Waals surface area contributed by atoms with Gasteiger partial charge in [0.15, 0.2) is 0 Å². The van der Waals surface area contributed by atoms with Crippen molar-refractivity contribution < 1.29 is 14.3 Å². The second-order valence-corrected chi connectivity index (χ2v) is 5.45. The summed E-state index contributed by atoms with van der Waals surface area (Å²) in [6.45, 7) is 1.64. The van der Waals surface area contributed by atoms with E-state index in [9.17, 15) is 14.3 Å². The molecule has 21 heavy (non-hydrogen) atoms. The Balaban J connectivity index is 2.07. The van der Waals surface area contributed by atoms with Crippen molar-refractivity contribution in [2.45, 2.75) is 19.1 Å². The molecule has 1 aromatic heterocycles. The van der Waals surface area contributed by atoms with E-state index in [1.54, 1.807) is 18.4 Å². The maximum absolute atomic E-state index is 12.8. The predicted octanol–water partition coefficient (Wildman–Crippen LogP) is 2.61. The van der Waals surface area contributed by atoms with E-state index in [0.717, 1.165) is 0 Å². The average Bonchev–Trinajstić information content (AvgIpc) is 2.95. The maximum atomic E-state index is 12.8. The van der Waals surface area contributed by atoms with Crippen molar-refractivity contribution in [2.75, 3.05) is 0 Å². The quantitative estimate of drug-likeness (QED) is 0.912. The van der Waals surface area contributed by atoms with E-state index in [-0.39, 0.29) is 5.82 Å². The third-order valence-electron chi connectivity index (χ3n) is 3.04. The van der Waals surface area contributed by atoms with Crippen molar-refractivity contribution >= 4 is 17.2 Å². The molecule has 0 spiro atoms. The number of carbonyl (C=O) groups excluding carboxylic acids is 1. The number of nitrogens with one attached hydrogen (secondary N) is 1. The van der Waals surface area contributed by atoms with Crippen LogP contribution in [0.4, 0.5) is 4.39 Å². The monoisotopic (exact) mass is 304 g/mol. The molecule has 108 valence electrons. The first-order chi connectivity index (χ1) is 10.0. The molecule has 0 bridgehead atoms. The number of carbonyl (C=O) groups is 1. The largest absolute Gasteiger partial charge is 0.386 e. The number of hydrogen-bond donors (Lipinski definition) is 2. The molecule has 0 radical (unpaired) electrons. The lowest BCUT2D eigenvalue weighted by Gasteiger charge is -2.20. The molecule has 0 saturated heterocycles. The van der Waals surface area contributed by atoms with Gasteiger partial charge in [-0.1, -0.05) is 12.1 Å². The normalized spacial score (nSPS) is 13.2. The number of halogens is 1. The van der Waals surface area contributed by atoms with Crippen LogP contribution in [0.25, 0.3) is 0 Å². The van der Waals surface area contributed by atoms with Crippen LogP contribution >= 0.6 is 11.3 Å². The number of amides is 1. The van der Waals surface area contributed by atoms with Gasteiger partial charge < -0.3 is 10.4 Å². The standard InChI is InChI=1S/C15H13FN2O2S/c1-9(13(19)10-2-4-12(16)5-3-10)18-15(20)14-11(8-17)6-7-21-14/h2-7,9,13,19H,1H3,(H,18,20). The van der Waals surface area contributed by atoms with E-state index < -0.39 is 18.1 Å². The molecule has 2 atom stereocenters. The SMILES string of the molecule is CC(NC(=O)c1sccc1C#N)C(O)c1ccc(F)cc1. The Labute approximate surface area is 125 Å². The van der Waals surface area contributed by atoms with Gasteiger partial charge in [0.25, 0.3) is 5.91 Å². The molecule has 1 amide bonds. The summed E-state index contributed by atoms with van der Waals surface area (Å²) in [4.78, 5) is 12.4. The summed E-state index contributed by atoms with van der Waals surface area (Å²) in [5.74, 6) is -0.796. The molecule has 0 aliphatic rings. The van der Waals surface area contributed by atoms with Crippen LogP contribution in [0.15, 0.2) is 35.7 Å². The van der Waals surface area contributed by atoms with Gasteiger partial charge in [-0.3, -0.25) is 4.79 Å². The van der Waals surface area contributed by atoms with E-state index in [2.05, 4.69) is 5.32 Å². The van der Waals surface area contributed by atoms with Crippen LogP contribution in [-0.4, -0.2) is 17.1 Å². The molecular formula is C15H13FN2O2S. The molecule has 2 unspecified atom stereocenters. The number of benzene rings is 1. The van der Waals surface area contributed by atoms with Gasteiger partial charge in [0.1, 0.15) is 16.8 Å². The van der Waals surface area contributed by atoms with Gasteiger partial charge in [-0.05, 0) is 36.1 Å². The van der Waals surface area contributed by atoms with Crippen LogP contribution in [-0.2, 0) is 0 Å². The van der Waals surface area contributed by atoms with Crippen LogP contribution < -0.4 is 5.32 Å². The van der Waals surface area contributed by atoms with E-state index in [0.29, 0.717) is 16.0 Å². The van der Waals surface area contributed by atoms with Gasteiger partial charge >= 0.3 is 0 Å². The van der Waals surface area contributed by atoms with Crippen LogP contribution in [0.1, 0.15) is 33.8 Å². The van der Waals surface area contributed by atoms with Gasteiger partial charge in [-0.15, -0.1) is 11.3 Å². The third kappa shape index (κ3) is 3.45. The summed E-state index contributed by atoms with van der Waals surface area (Å²) in [6.07, 6.45) is -0.958. The Bertz CT molecular complexity index is 676. The summed E-state index contributed by atoms with van der Waals surface area (Å²) in [6, 6.07) is 8.37. The lowest BCUT2D eigenvalue weighted by atomic mass is 10.0. The van der Waals surface area contributed by atoms with Gasteiger partial charge in [0.05, 0.1) is 17.7 Å². The van der Waals surface area contributed by atoms with E-state index in [1.165, 1.54) is 35.6 Å². The zero-order valence-electron chi connectivity index (χ0n) is 11.2. The molecule has 2 aromatic rings. The lowest BCUT2D eigenvalue weighted by Crippen LogP contribution is -2.37. The highest BCUT2D eigenvalue weighted by molar-refractivity contribution is 7.12. The number of nitrogens with zero attached hydrogens (tertiary/aromatic N) is 1. The summed E-state index contributed by atoms with van der Waals surface area (Å²) in [5, 5.41) is 23.4. The fourth-order valence-corrected chi connectivity index (χ4v) is 2.62. The number of thiophene rings is 1. The fourth-order valence-electron chi connectivity index (χ4n) is 1.87. The third-order valence-corrected chi connectivity index (χ3v) is 3.95. The predicted molar refractivity (Wildman–Crippen MR) is 77.3 cm³/mol. The molecule has 6 heteroatoms. The van der Waals surface area contributed by atoms with Gasteiger partial charge in [0, 0.05) is 0 Å². The second kappa shape index (κ2) is 6.48. The van der Waals surface area contributed by atoms with Gasteiger partial charge in [-0.25, -0.2) is 4.39 Å². The fraction of sp³-hybridized carbons (Fsp3) is 0.200. The molecule has 0 aliphatic heterocycles. The van der Waals surface area contributed by atoms with Crippen molar-refractivity contribution in [3.63, 3.8) is 0 Å². The van der Waals surface area contributed by atoms with Crippen molar-refractivity contribution in [3.05, 3.63) is 57.5 Å². The van der Waals surface area contributed by atoms with Crippen molar-refractivity contribution in [1.29, 1.82) is 5.26 Å². The van der Waals surface area contributed by atoms with Crippen molar-refractivity contribution in [1.82, 2.24) is 5.32 Å².